The summed E-state index contributed by atoms with van der Waals surface area (Å²) in [5.74, 6) is -0.917. The molecule has 5 nitrogen and oxygen atoms in total. The Morgan fingerprint density at radius 1 is 1.61 bits per heavy atom. The third-order valence-electron chi connectivity index (χ3n) is 3.37. The van der Waals surface area contributed by atoms with Crippen molar-refractivity contribution in [1.29, 1.82) is 0 Å². The second-order valence-corrected chi connectivity index (χ2v) is 4.72. The third-order valence-corrected chi connectivity index (χ3v) is 3.37. The maximum atomic E-state index is 10.9. The van der Waals surface area contributed by atoms with Crippen LogP contribution in [0.15, 0.2) is 24.5 Å². The normalized spacial score (nSPS) is 19.4. The molecule has 18 heavy (non-hydrogen) atoms. The highest BCUT2D eigenvalue weighted by Gasteiger charge is 2.16. The van der Waals surface area contributed by atoms with Crippen LogP contribution in [-0.2, 0) is 6.42 Å². The molecule has 1 aliphatic heterocycles. The van der Waals surface area contributed by atoms with Gasteiger partial charge < -0.3 is 14.8 Å². The van der Waals surface area contributed by atoms with Crippen LogP contribution < -0.4 is 5.32 Å². The molecule has 1 atom stereocenters. The fourth-order valence-corrected chi connectivity index (χ4v) is 2.45. The number of fused-ring (bicyclic) bond motifs is 1. The fraction of sp³-hybridized carbons (Fsp3) is 0.385. The second kappa shape index (κ2) is 4.42. The molecule has 3 heterocycles. The molecule has 0 saturated carbocycles. The van der Waals surface area contributed by atoms with Crippen LogP contribution in [0.3, 0.4) is 0 Å². The van der Waals surface area contributed by atoms with Gasteiger partial charge in [-0.25, -0.2) is 9.78 Å². The molecule has 94 valence electrons. The van der Waals surface area contributed by atoms with Crippen LogP contribution in [0.25, 0.3) is 5.65 Å². The maximum absolute atomic E-state index is 10.9. The molecule has 0 spiro atoms. The van der Waals surface area contributed by atoms with Crippen molar-refractivity contribution in [2.75, 3.05) is 6.54 Å². The van der Waals surface area contributed by atoms with Crippen molar-refractivity contribution in [3.8, 4) is 0 Å². The van der Waals surface area contributed by atoms with Crippen LogP contribution in [-0.4, -0.2) is 33.0 Å². The zero-order valence-electron chi connectivity index (χ0n) is 9.97. The van der Waals surface area contributed by atoms with Gasteiger partial charge in [0.2, 0.25) is 0 Å². The molecule has 2 N–H and O–H groups in total. The monoisotopic (exact) mass is 245 g/mol. The summed E-state index contributed by atoms with van der Waals surface area (Å²) in [6.07, 6.45) is 7.04. The lowest BCUT2D eigenvalue weighted by molar-refractivity contribution is 0.0697. The molecule has 5 heteroatoms. The van der Waals surface area contributed by atoms with Crippen LogP contribution in [0.1, 0.15) is 28.9 Å². The van der Waals surface area contributed by atoms with Crippen molar-refractivity contribution in [3.05, 3.63) is 35.8 Å². The van der Waals surface area contributed by atoms with Gasteiger partial charge in [0.05, 0.1) is 11.3 Å². The van der Waals surface area contributed by atoms with Gasteiger partial charge in [0, 0.05) is 24.9 Å². The Morgan fingerprint density at radius 2 is 2.50 bits per heavy atom. The minimum Gasteiger partial charge on any atom is -0.478 e. The van der Waals surface area contributed by atoms with E-state index in [1.165, 1.54) is 12.8 Å². The predicted molar refractivity (Wildman–Crippen MR) is 66.9 cm³/mol. The molecule has 3 rings (SSSR count). The molecular formula is C13H15N3O2. The number of imidazole rings is 1. The SMILES string of the molecule is O=C(O)c1ccn2cc(CC3CCCN3)nc2c1. The number of rotatable bonds is 3. The van der Waals surface area contributed by atoms with E-state index < -0.39 is 5.97 Å². The summed E-state index contributed by atoms with van der Waals surface area (Å²) in [5.41, 5.74) is 1.98. The summed E-state index contributed by atoms with van der Waals surface area (Å²) < 4.78 is 1.87. The Bertz CT molecular complexity index is 585. The molecule has 0 radical (unpaired) electrons. The number of nitrogens with zero attached hydrogens (tertiary/aromatic N) is 2. The first-order valence-electron chi connectivity index (χ1n) is 6.17. The van der Waals surface area contributed by atoms with Gasteiger partial charge in [-0.15, -0.1) is 0 Å². The second-order valence-electron chi connectivity index (χ2n) is 4.72. The Kier molecular flexibility index (Phi) is 2.76. The van der Waals surface area contributed by atoms with Crippen molar-refractivity contribution >= 4 is 11.6 Å². The molecule has 1 fully saturated rings. The highest BCUT2D eigenvalue weighted by atomic mass is 16.4. The van der Waals surface area contributed by atoms with Crippen LogP contribution in [0.4, 0.5) is 0 Å². The number of pyridine rings is 1. The van der Waals surface area contributed by atoms with E-state index in [-0.39, 0.29) is 5.56 Å². The average molecular weight is 245 g/mol. The smallest absolute Gasteiger partial charge is 0.335 e. The van der Waals surface area contributed by atoms with Gasteiger partial charge in [-0.1, -0.05) is 0 Å². The summed E-state index contributed by atoms with van der Waals surface area (Å²) in [6.45, 7) is 1.08. The number of hydrogen-bond donors (Lipinski definition) is 2. The van der Waals surface area contributed by atoms with E-state index in [1.54, 1.807) is 18.3 Å². The highest BCUT2D eigenvalue weighted by Crippen LogP contribution is 2.13. The summed E-state index contributed by atoms with van der Waals surface area (Å²) in [5, 5.41) is 12.4. The van der Waals surface area contributed by atoms with Crippen molar-refractivity contribution in [2.24, 2.45) is 0 Å². The first kappa shape index (κ1) is 11.2. The van der Waals surface area contributed by atoms with E-state index in [1.807, 2.05) is 10.6 Å². The van der Waals surface area contributed by atoms with Gasteiger partial charge in [-0.2, -0.15) is 0 Å². The number of carboxylic acid groups (broad SMARTS) is 1. The predicted octanol–water partition coefficient (Wildman–Crippen LogP) is 1.33. The van der Waals surface area contributed by atoms with Gasteiger partial charge in [0.25, 0.3) is 0 Å². The molecule has 2 aromatic rings. The topological polar surface area (TPSA) is 66.6 Å². The Balaban J connectivity index is 1.87. The molecule has 2 aromatic heterocycles. The van der Waals surface area contributed by atoms with Crippen LogP contribution in [0, 0.1) is 0 Å². The van der Waals surface area contributed by atoms with E-state index in [0.717, 1.165) is 18.7 Å². The minimum absolute atomic E-state index is 0.277. The average Bonchev–Trinajstić information content (AvgIpc) is 2.96. The summed E-state index contributed by atoms with van der Waals surface area (Å²) in [7, 11) is 0. The lowest BCUT2D eigenvalue weighted by Gasteiger charge is -2.06. The van der Waals surface area contributed by atoms with E-state index in [4.69, 9.17) is 5.11 Å². The molecular weight excluding hydrogens is 230 g/mol. The molecule has 0 amide bonds. The summed E-state index contributed by atoms with van der Waals surface area (Å²) in [6, 6.07) is 3.71. The van der Waals surface area contributed by atoms with Crippen LogP contribution in [0.2, 0.25) is 0 Å². The van der Waals surface area contributed by atoms with Gasteiger partial charge in [0.15, 0.2) is 0 Å². The molecule has 1 aliphatic rings. The Morgan fingerprint density at radius 3 is 3.22 bits per heavy atom. The van der Waals surface area contributed by atoms with Crippen molar-refractivity contribution in [2.45, 2.75) is 25.3 Å². The number of carbonyl (C=O) groups is 1. The third kappa shape index (κ3) is 2.09. The first-order valence-corrected chi connectivity index (χ1v) is 6.17. The molecule has 1 saturated heterocycles. The Hall–Kier alpha value is -1.88. The lowest BCUT2D eigenvalue weighted by Crippen LogP contribution is -2.23. The van der Waals surface area contributed by atoms with E-state index in [2.05, 4.69) is 10.3 Å². The van der Waals surface area contributed by atoms with Gasteiger partial charge >= 0.3 is 5.97 Å². The van der Waals surface area contributed by atoms with Gasteiger partial charge in [-0.3, -0.25) is 0 Å². The van der Waals surface area contributed by atoms with Crippen LogP contribution >= 0.6 is 0 Å². The molecule has 0 aliphatic carbocycles. The van der Waals surface area contributed by atoms with Gasteiger partial charge in [-0.05, 0) is 31.5 Å². The van der Waals surface area contributed by atoms with E-state index >= 15 is 0 Å². The fourth-order valence-electron chi connectivity index (χ4n) is 2.45. The van der Waals surface area contributed by atoms with Crippen molar-refractivity contribution in [3.63, 3.8) is 0 Å². The first-order chi connectivity index (χ1) is 8.72. The van der Waals surface area contributed by atoms with E-state index in [0.29, 0.717) is 11.7 Å². The van der Waals surface area contributed by atoms with Gasteiger partial charge in [0.1, 0.15) is 5.65 Å². The zero-order chi connectivity index (χ0) is 12.5. The van der Waals surface area contributed by atoms with Crippen LogP contribution in [0.5, 0.6) is 0 Å². The molecule has 0 bridgehead atoms. The zero-order valence-corrected chi connectivity index (χ0v) is 9.97. The quantitative estimate of drug-likeness (QED) is 0.856. The van der Waals surface area contributed by atoms with Crippen molar-refractivity contribution < 1.29 is 9.90 Å². The highest BCUT2D eigenvalue weighted by molar-refractivity contribution is 5.88. The summed E-state index contributed by atoms with van der Waals surface area (Å²) in [4.78, 5) is 15.4. The number of hydrogen-bond acceptors (Lipinski definition) is 3. The van der Waals surface area contributed by atoms with E-state index in [9.17, 15) is 4.79 Å². The number of aromatic nitrogens is 2. The minimum atomic E-state index is -0.917. The number of aromatic carboxylic acids is 1. The standard InChI is InChI=1S/C13H15N3O2/c17-13(18)9-3-5-16-8-11(15-12(16)6-9)7-10-2-1-4-14-10/h3,5-6,8,10,14H,1-2,4,7H2,(H,17,18). The largest absolute Gasteiger partial charge is 0.478 e. The number of carboxylic acids is 1. The molecule has 1 unspecified atom stereocenters. The maximum Gasteiger partial charge on any atom is 0.335 e. The lowest BCUT2D eigenvalue weighted by atomic mass is 10.1. The van der Waals surface area contributed by atoms with Crippen molar-refractivity contribution in [1.82, 2.24) is 14.7 Å². The number of nitrogens with one attached hydrogen (secondary N) is 1. The molecule has 0 aromatic carbocycles. The summed E-state index contributed by atoms with van der Waals surface area (Å²) >= 11 is 0. The Labute approximate surface area is 104 Å².